The van der Waals surface area contributed by atoms with E-state index in [-0.39, 0.29) is 5.97 Å². The molecule has 0 aliphatic heterocycles. The lowest BCUT2D eigenvalue weighted by molar-refractivity contribution is -0.156. The van der Waals surface area contributed by atoms with Crippen molar-refractivity contribution >= 4 is 17.3 Å². The first kappa shape index (κ1) is 15.5. The fourth-order valence-electron chi connectivity index (χ4n) is 3.29. The quantitative estimate of drug-likeness (QED) is 0.813. The molecule has 20 heavy (non-hydrogen) atoms. The van der Waals surface area contributed by atoms with Crippen molar-refractivity contribution in [2.75, 3.05) is 6.61 Å². The van der Waals surface area contributed by atoms with Gasteiger partial charge in [-0.2, -0.15) is 0 Å². The molecule has 0 amide bonds. The molecule has 4 heteroatoms. The van der Waals surface area contributed by atoms with Crippen LogP contribution >= 0.6 is 11.3 Å². The van der Waals surface area contributed by atoms with Gasteiger partial charge in [0.05, 0.1) is 6.61 Å². The molecule has 1 heterocycles. The van der Waals surface area contributed by atoms with E-state index in [0.717, 1.165) is 32.2 Å². The van der Waals surface area contributed by atoms with E-state index in [0.29, 0.717) is 12.5 Å². The van der Waals surface area contributed by atoms with Crippen LogP contribution in [-0.4, -0.2) is 18.1 Å². The molecule has 2 atom stereocenters. The number of hydrogen-bond donors (Lipinski definition) is 1. The molecular weight excluding hydrogens is 270 g/mol. The summed E-state index contributed by atoms with van der Waals surface area (Å²) in [4.78, 5) is 13.8. The second kappa shape index (κ2) is 7.23. The molecule has 0 aromatic carbocycles. The van der Waals surface area contributed by atoms with Crippen LogP contribution in [-0.2, 0) is 16.1 Å². The number of carbonyl (C=O) groups is 1. The van der Waals surface area contributed by atoms with Crippen molar-refractivity contribution < 1.29 is 9.53 Å². The minimum absolute atomic E-state index is 0.0527. The Balaban J connectivity index is 2.15. The summed E-state index contributed by atoms with van der Waals surface area (Å²) in [5, 5.41) is 5.63. The predicted octanol–water partition coefficient (Wildman–Crippen LogP) is 3.74. The molecule has 0 radical (unpaired) electrons. The van der Waals surface area contributed by atoms with E-state index >= 15 is 0 Å². The van der Waals surface area contributed by atoms with Gasteiger partial charge in [0.15, 0.2) is 0 Å². The monoisotopic (exact) mass is 295 g/mol. The van der Waals surface area contributed by atoms with Crippen molar-refractivity contribution in [2.45, 2.75) is 58.0 Å². The van der Waals surface area contributed by atoms with Gasteiger partial charge in [0.1, 0.15) is 5.54 Å². The normalized spacial score (nSPS) is 26.4. The minimum Gasteiger partial charge on any atom is -0.465 e. The van der Waals surface area contributed by atoms with E-state index in [1.54, 1.807) is 11.3 Å². The van der Waals surface area contributed by atoms with Crippen LogP contribution < -0.4 is 5.32 Å². The smallest absolute Gasteiger partial charge is 0.326 e. The first-order valence-electron chi connectivity index (χ1n) is 7.67. The number of nitrogens with one attached hydrogen (secondary N) is 1. The summed E-state index contributed by atoms with van der Waals surface area (Å²) in [5.74, 6) is 0.332. The zero-order chi connectivity index (χ0) is 14.4. The SMILES string of the molecule is CCOC(=O)C1(NCc2cccs2)CCCCC1CC. The maximum Gasteiger partial charge on any atom is 0.326 e. The summed E-state index contributed by atoms with van der Waals surface area (Å²) in [6, 6.07) is 4.16. The van der Waals surface area contributed by atoms with Gasteiger partial charge in [0.2, 0.25) is 0 Å². The second-order valence-corrected chi connectivity index (χ2v) is 6.51. The molecule has 1 aliphatic rings. The Bertz CT molecular complexity index is 418. The molecule has 0 saturated heterocycles. The minimum atomic E-state index is -0.479. The van der Waals surface area contributed by atoms with Crippen molar-refractivity contribution in [1.82, 2.24) is 5.32 Å². The number of hydrogen-bond acceptors (Lipinski definition) is 4. The number of ether oxygens (including phenoxy) is 1. The molecule has 2 rings (SSSR count). The highest BCUT2D eigenvalue weighted by molar-refractivity contribution is 7.09. The molecule has 1 saturated carbocycles. The van der Waals surface area contributed by atoms with Crippen molar-refractivity contribution in [2.24, 2.45) is 5.92 Å². The Morgan fingerprint density at radius 3 is 3.00 bits per heavy atom. The van der Waals surface area contributed by atoms with Crippen LogP contribution in [0.3, 0.4) is 0 Å². The molecule has 0 spiro atoms. The topological polar surface area (TPSA) is 38.3 Å². The molecule has 1 fully saturated rings. The van der Waals surface area contributed by atoms with Crippen LogP contribution in [0.4, 0.5) is 0 Å². The van der Waals surface area contributed by atoms with Crippen molar-refractivity contribution in [3.63, 3.8) is 0 Å². The lowest BCUT2D eigenvalue weighted by Gasteiger charge is -2.42. The molecule has 112 valence electrons. The maximum atomic E-state index is 12.6. The van der Waals surface area contributed by atoms with Gasteiger partial charge in [-0.05, 0) is 37.1 Å². The molecule has 1 aromatic heterocycles. The van der Waals surface area contributed by atoms with E-state index < -0.39 is 5.54 Å². The summed E-state index contributed by atoms with van der Waals surface area (Å²) >= 11 is 1.73. The van der Waals surface area contributed by atoms with E-state index in [4.69, 9.17) is 4.74 Å². The van der Waals surface area contributed by atoms with Crippen molar-refractivity contribution in [3.05, 3.63) is 22.4 Å². The van der Waals surface area contributed by atoms with Gasteiger partial charge >= 0.3 is 5.97 Å². The van der Waals surface area contributed by atoms with Gasteiger partial charge in [-0.3, -0.25) is 10.1 Å². The Hall–Kier alpha value is -0.870. The molecule has 0 bridgehead atoms. The highest BCUT2D eigenvalue weighted by atomic mass is 32.1. The Morgan fingerprint density at radius 1 is 1.50 bits per heavy atom. The summed E-state index contributed by atoms with van der Waals surface area (Å²) < 4.78 is 5.39. The molecule has 3 nitrogen and oxygen atoms in total. The third-order valence-electron chi connectivity index (χ3n) is 4.36. The lowest BCUT2D eigenvalue weighted by atomic mass is 9.71. The van der Waals surface area contributed by atoms with E-state index in [1.807, 2.05) is 6.92 Å². The molecule has 1 aromatic rings. The highest BCUT2D eigenvalue weighted by Gasteiger charge is 2.47. The zero-order valence-electron chi connectivity index (χ0n) is 12.5. The van der Waals surface area contributed by atoms with E-state index in [2.05, 4.69) is 29.8 Å². The fourth-order valence-corrected chi connectivity index (χ4v) is 3.93. The van der Waals surface area contributed by atoms with E-state index in [9.17, 15) is 4.79 Å². The zero-order valence-corrected chi connectivity index (χ0v) is 13.3. The predicted molar refractivity (Wildman–Crippen MR) is 82.8 cm³/mol. The fraction of sp³-hybridized carbons (Fsp3) is 0.688. The average molecular weight is 295 g/mol. The summed E-state index contributed by atoms with van der Waals surface area (Å²) in [5.41, 5.74) is -0.479. The standard InChI is InChI=1S/C16H25NO2S/c1-3-13-8-5-6-10-16(13,15(18)19-4-2)17-12-14-9-7-11-20-14/h7,9,11,13,17H,3-6,8,10,12H2,1-2H3. The molecule has 1 N–H and O–H groups in total. The van der Waals surface area contributed by atoms with Crippen LogP contribution in [0, 0.1) is 5.92 Å². The Morgan fingerprint density at radius 2 is 2.35 bits per heavy atom. The highest BCUT2D eigenvalue weighted by Crippen LogP contribution is 2.37. The van der Waals surface area contributed by atoms with Crippen LogP contribution in [0.2, 0.25) is 0 Å². The van der Waals surface area contributed by atoms with Gasteiger partial charge < -0.3 is 4.74 Å². The van der Waals surface area contributed by atoms with E-state index in [1.165, 1.54) is 11.3 Å². The summed E-state index contributed by atoms with van der Waals surface area (Å²) in [6.07, 6.45) is 5.37. The number of carbonyl (C=O) groups excluding carboxylic acids is 1. The van der Waals surface area contributed by atoms with Crippen LogP contribution in [0.5, 0.6) is 0 Å². The Kier molecular flexibility index (Phi) is 5.61. The number of thiophene rings is 1. The van der Waals surface area contributed by atoms with Crippen LogP contribution in [0.1, 0.15) is 50.8 Å². The number of esters is 1. The molecule has 1 aliphatic carbocycles. The third kappa shape index (κ3) is 3.23. The third-order valence-corrected chi connectivity index (χ3v) is 5.24. The summed E-state index contributed by atoms with van der Waals surface area (Å²) in [7, 11) is 0. The molecular formula is C16H25NO2S. The largest absolute Gasteiger partial charge is 0.465 e. The van der Waals surface area contributed by atoms with Gasteiger partial charge in [0.25, 0.3) is 0 Å². The Labute approximate surface area is 125 Å². The van der Waals surface area contributed by atoms with Crippen molar-refractivity contribution in [1.29, 1.82) is 0 Å². The first-order chi connectivity index (χ1) is 9.73. The molecule has 2 unspecified atom stereocenters. The average Bonchev–Trinajstić information content (AvgIpc) is 2.99. The van der Waals surface area contributed by atoms with Gasteiger partial charge in [-0.25, -0.2) is 0 Å². The summed E-state index contributed by atoms with van der Waals surface area (Å²) in [6.45, 7) is 5.27. The van der Waals surface area contributed by atoms with Crippen LogP contribution in [0.15, 0.2) is 17.5 Å². The number of rotatable bonds is 6. The lowest BCUT2D eigenvalue weighted by Crippen LogP contribution is -2.59. The van der Waals surface area contributed by atoms with Gasteiger partial charge in [0, 0.05) is 11.4 Å². The van der Waals surface area contributed by atoms with Gasteiger partial charge in [-0.15, -0.1) is 11.3 Å². The second-order valence-electron chi connectivity index (χ2n) is 5.48. The van der Waals surface area contributed by atoms with Crippen LogP contribution in [0.25, 0.3) is 0 Å². The van der Waals surface area contributed by atoms with Crippen molar-refractivity contribution in [3.8, 4) is 0 Å². The first-order valence-corrected chi connectivity index (χ1v) is 8.55. The van der Waals surface area contributed by atoms with Gasteiger partial charge in [-0.1, -0.05) is 32.3 Å². The maximum absolute atomic E-state index is 12.6.